The van der Waals surface area contributed by atoms with Crippen LogP contribution in [0.25, 0.3) is 22.7 Å². The first-order chi connectivity index (χ1) is 11.9. The van der Waals surface area contributed by atoms with Gasteiger partial charge in [0, 0.05) is 16.4 Å². The molecule has 3 aromatic heterocycles. The molecule has 0 bridgehead atoms. The normalized spacial score (nSPS) is 11.4. The van der Waals surface area contributed by atoms with E-state index in [4.69, 9.17) is 21.6 Å². The molecule has 7 heteroatoms. The highest BCUT2D eigenvalue weighted by Gasteiger charge is 2.18. The van der Waals surface area contributed by atoms with Gasteiger partial charge in [-0.3, -0.25) is 0 Å². The first kappa shape index (κ1) is 15.8. The maximum atomic E-state index is 6.13. The van der Waals surface area contributed by atoms with Gasteiger partial charge in [0.25, 0.3) is 0 Å². The molecule has 0 saturated carbocycles. The molecule has 0 aliphatic rings. The first-order valence-corrected chi connectivity index (χ1v) is 8.35. The largest absolute Gasteiger partial charge is 0.224 e. The minimum absolute atomic E-state index is 0.625. The maximum absolute atomic E-state index is 6.13. The van der Waals surface area contributed by atoms with Crippen molar-refractivity contribution in [3.63, 3.8) is 0 Å². The van der Waals surface area contributed by atoms with Crippen molar-refractivity contribution in [2.75, 3.05) is 0 Å². The van der Waals surface area contributed by atoms with E-state index in [-0.39, 0.29) is 0 Å². The number of hydrogen-bond donors (Lipinski definition) is 0. The quantitative estimate of drug-likeness (QED) is 0.549. The van der Waals surface area contributed by atoms with Gasteiger partial charge in [0.05, 0.1) is 22.4 Å². The number of halogens is 1. The second-order valence-corrected chi connectivity index (χ2v) is 6.62. The van der Waals surface area contributed by atoms with Crippen LogP contribution in [0.15, 0.2) is 30.3 Å². The van der Waals surface area contributed by atoms with Crippen molar-refractivity contribution in [1.82, 2.24) is 29.5 Å². The first-order valence-electron chi connectivity index (χ1n) is 7.97. The van der Waals surface area contributed by atoms with Crippen LogP contribution in [0.4, 0.5) is 0 Å². The molecule has 4 rings (SSSR count). The molecule has 0 fully saturated rings. The second-order valence-electron chi connectivity index (χ2n) is 6.18. The summed E-state index contributed by atoms with van der Waals surface area (Å²) in [6, 6.07) is 9.51. The van der Waals surface area contributed by atoms with Crippen molar-refractivity contribution in [2.45, 2.75) is 27.7 Å². The molecule has 0 radical (unpaired) electrons. The summed E-state index contributed by atoms with van der Waals surface area (Å²) in [5.41, 5.74) is 5.30. The molecule has 0 N–H and O–H groups in total. The molecule has 0 amide bonds. The molecule has 4 aromatic rings. The fraction of sp³-hybridized carbons (Fsp3) is 0.222. The van der Waals surface area contributed by atoms with Crippen molar-refractivity contribution in [3.05, 3.63) is 58.1 Å². The fourth-order valence-corrected chi connectivity index (χ4v) is 3.15. The van der Waals surface area contributed by atoms with E-state index in [0.717, 1.165) is 33.8 Å². The number of aryl methyl sites for hydroxylation is 4. The Morgan fingerprint density at radius 1 is 0.720 bits per heavy atom. The van der Waals surface area contributed by atoms with Gasteiger partial charge < -0.3 is 0 Å². The number of hydrogen-bond acceptors (Lipinski definition) is 4. The van der Waals surface area contributed by atoms with E-state index in [9.17, 15) is 0 Å². The van der Waals surface area contributed by atoms with Crippen LogP contribution < -0.4 is 0 Å². The van der Waals surface area contributed by atoms with Crippen molar-refractivity contribution in [1.29, 1.82) is 0 Å². The van der Waals surface area contributed by atoms with E-state index in [1.54, 1.807) is 4.68 Å². The van der Waals surface area contributed by atoms with Gasteiger partial charge in [-0.15, -0.1) is 0 Å². The summed E-state index contributed by atoms with van der Waals surface area (Å²) in [7, 11) is 0. The third-order valence-electron chi connectivity index (χ3n) is 4.01. The molecular formula is C18H17ClN6. The number of aromatic nitrogens is 6. The summed E-state index contributed by atoms with van der Waals surface area (Å²) in [4.78, 5) is 9.61. The van der Waals surface area contributed by atoms with E-state index in [1.807, 2.05) is 62.7 Å². The van der Waals surface area contributed by atoms with E-state index < -0.39 is 0 Å². The van der Waals surface area contributed by atoms with E-state index in [2.05, 4.69) is 10.2 Å². The molecule has 3 heterocycles. The third-order valence-corrected chi connectivity index (χ3v) is 4.25. The second kappa shape index (κ2) is 5.67. The summed E-state index contributed by atoms with van der Waals surface area (Å²) < 4.78 is 3.61. The van der Waals surface area contributed by atoms with Crippen molar-refractivity contribution in [3.8, 4) is 11.6 Å². The van der Waals surface area contributed by atoms with Crippen LogP contribution in [-0.2, 0) is 0 Å². The summed E-state index contributed by atoms with van der Waals surface area (Å²) >= 11 is 6.13. The molecule has 0 atom stereocenters. The SMILES string of the molecule is Cc1cc(C)n(-c2nc3ccc(Cl)cc3nc2-n2nc(C)cc2C)n1. The van der Waals surface area contributed by atoms with E-state index >= 15 is 0 Å². The monoisotopic (exact) mass is 352 g/mol. The molecular weight excluding hydrogens is 336 g/mol. The van der Waals surface area contributed by atoms with E-state index in [1.165, 1.54) is 0 Å². The lowest BCUT2D eigenvalue weighted by Crippen LogP contribution is -2.12. The van der Waals surface area contributed by atoms with Gasteiger partial charge in [0.1, 0.15) is 0 Å². The van der Waals surface area contributed by atoms with Gasteiger partial charge in [-0.1, -0.05) is 11.6 Å². The van der Waals surface area contributed by atoms with Crippen LogP contribution in [0.5, 0.6) is 0 Å². The minimum Gasteiger partial charge on any atom is -0.224 e. The van der Waals surface area contributed by atoms with Crippen LogP contribution in [0.2, 0.25) is 5.02 Å². The molecule has 25 heavy (non-hydrogen) atoms. The minimum atomic E-state index is 0.625. The van der Waals surface area contributed by atoms with Crippen molar-refractivity contribution >= 4 is 22.6 Å². The predicted molar refractivity (Wildman–Crippen MR) is 97.7 cm³/mol. The van der Waals surface area contributed by atoms with Gasteiger partial charge in [0.2, 0.25) is 0 Å². The Balaban J connectivity index is 2.08. The van der Waals surface area contributed by atoms with Gasteiger partial charge in [-0.05, 0) is 58.0 Å². The fourth-order valence-electron chi connectivity index (χ4n) is 2.98. The van der Waals surface area contributed by atoms with Gasteiger partial charge in [0.15, 0.2) is 11.6 Å². The average molecular weight is 353 g/mol. The number of fused-ring (bicyclic) bond motifs is 1. The topological polar surface area (TPSA) is 61.4 Å². The number of nitrogens with zero attached hydrogens (tertiary/aromatic N) is 6. The van der Waals surface area contributed by atoms with Gasteiger partial charge in [-0.2, -0.15) is 10.2 Å². The van der Waals surface area contributed by atoms with Crippen LogP contribution in [-0.4, -0.2) is 29.5 Å². The zero-order valence-electron chi connectivity index (χ0n) is 14.4. The number of rotatable bonds is 2. The lowest BCUT2D eigenvalue weighted by molar-refractivity contribution is 0.749. The Kier molecular flexibility index (Phi) is 3.58. The third kappa shape index (κ3) is 2.68. The number of benzene rings is 1. The lowest BCUT2D eigenvalue weighted by Gasteiger charge is -2.12. The maximum Gasteiger partial charge on any atom is 0.199 e. The Morgan fingerprint density at radius 3 is 1.72 bits per heavy atom. The summed E-state index contributed by atoms with van der Waals surface area (Å²) in [6.07, 6.45) is 0. The molecule has 0 saturated heterocycles. The Hall–Kier alpha value is -2.73. The predicted octanol–water partition coefficient (Wildman–Crippen LogP) is 3.89. The molecule has 0 spiro atoms. The molecule has 1 aromatic carbocycles. The van der Waals surface area contributed by atoms with Crippen LogP contribution >= 0.6 is 11.6 Å². The highest BCUT2D eigenvalue weighted by Crippen LogP contribution is 2.24. The van der Waals surface area contributed by atoms with Crippen LogP contribution in [0.1, 0.15) is 22.8 Å². The zero-order chi connectivity index (χ0) is 17.7. The van der Waals surface area contributed by atoms with Gasteiger partial charge >= 0.3 is 0 Å². The van der Waals surface area contributed by atoms with Crippen molar-refractivity contribution < 1.29 is 0 Å². The molecule has 126 valence electrons. The highest BCUT2D eigenvalue weighted by atomic mass is 35.5. The molecule has 0 aliphatic heterocycles. The molecule has 6 nitrogen and oxygen atoms in total. The Morgan fingerprint density at radius 2 is 1.24 bits per heavy atom. The Labute approximate surface area is 150 Å². The molecule has 0 unspecified atom stereocenters. The van der Waals surface area contributed by atoms with Crippen LogP contribution in [0.3, 0.4) is 0 Å². The standard InChI is InChI=1S/C18H17ClN6/c1-10-7-12(3)24(22-10)17-18(25-13(4)8-11(2)23-25)21-16-9-14(19)5-6-15(16)20-17/h5-9H,1-4H3. The lowest BCUT2D eigenvalue weighted by atomic mass is 10.3. The van der Waals surface area contributed by atoms with Crippen molar-refractivity contribution in [2.24, 2.45) is 0 Å². The zero-order valence-corrected chi connectivity index (χ0v) is 15.2. The molecule has 0 aliphatic carbocycles. The highest BCUT2D eigenvalue weighted by molar-refractivity contribution is 6.31. The summed E-state index contributed by atoms with van der Waals surface area (Å²) in [5, 5.41) is 9.77. The summed E-state index contributed by atoms with van der Waals surface area (Å²) in [6.45, 7) is 7.91. The smallest absolute Gasteiger partial charge is 0.199 e. The summed E-state index contributed by atoms with van der Waals surface area (Å²) in [5.74, 6) is 1.28. The van der Waals surface area contributed by atoms with Gasteiger partial charge in [-0.25, -0.2) is 19.3 Å². The van der Waals surface area contributed by atoms with E-state index in [0.29, 0.717) is 16.7 Å². The van der Waals surface area contributed by atoms with Crippen LogP contribution in [0, 0.1) is 27.7 Å². The Bertz CT molecular complexity index is 1110. The average Bonchev–Trinajstić information content (AvgIpc) is 3.06.